The monoisotopic (exact) mass is 168 g/mol. The van der Waals surface area contributed by atoms with Crippen LogP contribution >= 0.6 is 0 Å². The van der Waals surface area contributed by atoms with E-state index in [1.807, 2.05) is 0 Å². The Hall–Kier alpha value is -1.42. The van der Waals surface area contributed by atoms with Crippen molar-refractivity contribution < 1.29 is 10.2 Å². The summed E-state index contributed by atoms with van der Waals surface area (Å²) in [7, 11) is 3.51. The normalized spacial score (nSPS) is 8.75. The molecule has 1 aromatic carbocycles. The maximum absolute atomic E-state index is 10.2. The third kappa shape index (κ3) is 2.32. The van der Waals surface area contributed by atoms with Crippen LogP contribution in [-0.4, -0.2) is 4.92 Å². The number of quaternary nitrogens is 1. The average Bonchev–Trinajstić information content (AvgIpc) is 2.05. The average molecular weight is 168 g/mol. The number of hydrogen-bond acceptors (Lipinski definition) is 2. The van der Waals surface area contributed by atoms with E-state index >= 15 is 0 Å². The molecule has 1 aromatic rings. The predicted octanol–water partition coefficient (Wildman–Crippen LogP) is 1.22. The Morgan fingerprint density at radius 2 is 2.17 bits per heavy atom. The lowest BCUT2D eigenvalue weighted by atomic mass is 10.3. The molecule has 0 aliphatic rings. The summed E-state index contributed by atoms with van der Waals surface area (Å²) in [6, 6.07) is 6.33. The predicted molar refractivity (Wildman–Crippen MR) is 46.8 cm³/mol. The standard InChI is InChI=1S/C7H8N2O2.CH4/c1-8-6-3-2-4-7(5-6)9(10)11;/h2-5H,1,8H2;1H4. The molecular formula is C8H12N2O2. The lowest BCUT2D eigenvalue weighted by Gasteiger charge is -1.96. The lowest BCUT2D eigenvalue weighted by molar-refractivity contribution is -0.505. The number of nitrogens with zero attached hydrogens (tertiary/aromatic N) is 1. The highest BCUT2D eigenvalue weighted by molar-refractivity contribution is 5.41. The van der Waals surface area contributed by atoms with E-state index in [2.05, 4.69) is 7.05 Å². The molecule has 4 heteroatoms. The van der Waals surface area contributed by atoms with Crippen molar-refractivity contribution >= 4 is 11.4 Å². The highest BCUT2D eigenvalue weighted by atomic mass is 16.6. The Balaban J connectivity index is 0.00000121. The second kappa shape index (κ2) is 4.46. The molecule has 0 aromatic heterocycles. The fourth-order valence-corrected chi connectivity index (χ4v) is 0.765. The summed E-state index contributed by atoms with van der Waals surface area (Å²) in [6.07, 6.45) is 0. The van der Waals surface area contributed by atoms with Crippen LogP contribution in [0.15, 0.2) is 24.3 Å². The minimum atomic E-state index is -0.424. The molecule has 66 valence electrons. The van der Waals surface area contributed by atoms with Crippen molar-refractivity contribution in [3.63, 3.8) is 0 Å². The van der Waals surface area contributed by atoms with Crippen LogP contribution in [0.4, 0.5) is 11.4 Å². The van der Waals surface area contributed by atoms with Crippen molar-refractivity contribution in [1.29, 1.82) is 0 Å². The van der Waals surface area contributed by atoms with Gasteiger partial charge in [-0.3, -0.25) is 10.1 Å². The van der Waals surface area contributed by atoms with Crippen LogP contribution in [0.25, 0.3) is 0 Å². The first-order chi connectivity index (χ1) is 5.24. The minimum Gasteiger partial charge on any atom is -0.446 e. The number of nitro benzene ring substituents is 1. The lowest BCUT2D eigenvalue weighted by Crippen LogP contribution is -2.69. The Labute approximate surface area is 71.4 Å². The van der Waals surface area contributed by atoms with E-state index in [-0.39, 0.29) is 13.1 Å². The molecule has 0 aliphatic heterocycles. The van der Waals surface area contributed by atoms with E-state index < -0.39 is 4.92 Å². The maximum Gasteiger partial charge on any atom is 0.275 e. The Kier molecular flexibility index (Phi) is 3.93. The van der Waals surface area contributed by atoms with Crippen molar-refractivity contribution in [3.8, 4) is 0 Å². The van der Waals surface area contributed by atoms with E-state index in [9.17, 15) is 10.1 Å². The molecule has 12 heavy (non-hydrogen) atoms. The topological polar surface area (TPSA) is 59.8 Å². The van der Waals surface area contributed by atoms with Crippen molar-refractivity contribution in [2.75, 3.05) is 0 Å². The molecule has 1 rings (SSSR count). The molecule has 0 amide bonds. The van der Waals surface area contributed by atoms with E-state index in [0.29, 0.717) is 0 Å². The van der Waals surface area contributed by atoms with Crippen molar-refractivity contribution in [2.24, 2.45) is 0 Å². The number of benzene rings is 1. The third-order valence-electron chi connectivity index (χ3n) is 1.32. The van der Waals surface area contributed by atoms with E-state index in [1.54, 1.807) is 17.4 Å². The highest BCUT2D eigenvalue weighted by Crippen LogP contribution is 2.12. The largest absolute Gasteiger partial charge is 0.446 e. The van der Waals surface area contributed by atoms with Crippen molar-refractivity contribution in [2.45, 2.75) is 7.43 Å². The number of nitrogens with two attached hydrogens (primary N) is 1. The third-order valence-corrected chi connectivity index (χ3v) is 1.32. The van der Waals surface area contributed by atoms with Crippen LogP contribution in [0.5, 0.6) is 0 Å². The van der Waals surface area contributed by atoms with Gasteiger partial charge in [-0.25, -0.2) is 0 Å². The molecule has 0 fully saturated rings. The van der Waals surface area contributed by atoms with Gasteiger partial charge in [-0.05, 0) is 12.1 Å². The Morgan fingerprint density at radius 3 is 2.67 bits per heavy atom. The van der Waals surface area contributed by atoms with E-state index in [0.717, 1.165) is 5.69 Å². The molecule has 0 spiro atoms. The first-order valence-corrected chi connectivity index (χ1v) is 3.11. The fraction of sp³-hybridized carbons (Fsp3) is 0.125. The zero-order valence-corrected chi connectivity index (χ0v) is 5.86. The fourth-order valence-electron chi connectivity index (χ4n) is 0.765. The molecule has 4 nitrogen and oxygen atoms in total. The molecule has 0 atom stereocenters. The second-order valence-corrected chi connectivity index (χ2v) is 2.06. The molecule has 0 aliphatic carbocycles. The zero-order chi connectivity index (χ0) is 8.27. The van der Waals surface area contributed by atoms with Gasteiger partial charge in [0.1, 0.15) is 5.69 Å². The van der Waals surface area contributed by atoms with Crippen LogP contribution < -0.4 is 5.32 Å². The summed E-state index contributed by atoms with van der Waals surface area (Å²) in [5, 5.41) is 11.8. The van der Waals surface area contributed by atoms with Crippen molar-refractivity contribution in [1.82, 2.24) is 0 Å². The van der Waals surface area contributed by atoms with Gasteiger partial charge in [0.25, 0.3) is 5.69 Å². The molecule has 0 bridgehead atoms. The van der Waals surface area contributed by atoms with Crippen LogP contribution in [0.2, 0.25) is 0 Å². The van der Waals surface area contributed by atoms with E-state index in [4.69, 9.17) is 0 Å². The van der Waals surface area contributed by atoms with Crippen molar-refractivity contribution in [3.05, 3.63) is 41.4 Å². The van der Waals surface area contributed by atoms with E-state index in [1.165, 1.54) is 12.1 Å². The first kappa shape index (κ1) is 10.6. The van der Waals surface area contributed by atoms with Gasteiger partial charge in [-0.2, -0.15) is 0 Å². The first-order valence-electron chi connectivity index (χ1n) is 3.11. The molecule has 0 heterocycles. The quantitative estimate of drug-likeness (QED) is 0.312. The molecule has 2 N–H and O–H groups in total. The molecule has 0 saturated carbocycles. The summed E-state index contributed by atoms with van der Waals surface area (Å²) >= 11 is 0. The maximum atomic E-state index is 10.2. The van der Waals surface area contributed by atoms with Gasteiger partial charge in [-0.15, -0.1) is 7.05 Å². The summed E-state index contributed by atoms with van der Waals surface area (Å²) in [4.78, 5) is 9.82. The number of nitro groups is 1. The summed E-state index contributed by atoms with van der Waals surface area (Å²) in [5.41, 5.74) is 0.863. The molecule has 0 radical (unpaired) electrons. The number of hydrogen-bond donors (Lipinski definition) is 1. The van der Waals surface area contributed by atoms with Crippen LogP contribution in [0.3, 0.4) is 0 Å². The molecule has 0 saturated heterocycles. The zero-order valence-electron chi connectivity index (χ0n) is 5.86. The SMILES string of the molecule is C.[CH2-][NH2+]c1cccc([N+](=O)[O-])c1. The number of non-ortho nitro benzene ring substituents is 1. The van der Waals surface area contributed by atoms with Gasteiger partial charge >= 0.3 is 0 Å². The summed E-state index contributed by atoms with van der Waals surface area (Å²) < 4.78 is 0. The Bertz CT molecular complexity index is 274. The second-order valence-electron chi connectivity index (χ2n) is 2.06. The van der Waals surface area contributed by atoms with Gasteiger partial charge in [0.2, 0.25) is 0 Å². The van der Waals surface area contributed by atoms with Gasteiger partial charge in [0, 0.05) is 6.07 Å². The molecule has 0 unspecified atom stereocenters. The summed E-state index contributed by atoms with van der Waals surface area (Å²) in [6.45, 7) is 0. The van der Waals surface area contributed by atoms with Gasteiger partial charge in [0.15, 0.2) is 0 Å². The smallest absolute Gasteiger partial charge is 0.275 e. The van der Waals surface area contributed by atoms with Gasteiger partial charge in [0.05, 0.1) is 11.0 Å². The molecular weight excluding hydrogens is 156 g/mol. The van der Waals surface area contributed by atoms with Gasteiger partial charge < -0.3 is 5.32 Å². The summed E-state index contributed by atoms with van der Waals surface area (Å²) in [5.74, 6) is 0. The Morgan fingerprint density at radius 1 is 1.50 bits per heavy atom. The highest BCUT2D eigenvalue weighted by Gasteiger charge is 2.04. The van der Waals surface area contributed by atoms with Crippen LogP contribution in [-0.2, 0) is 0 Å². The number of rotatable bonds is 2. The van der Waals surface area contributed by atoms with Gasteiger partial charge in [-0.1, -0.05) is 7.43 Å². The van der Waals surface area contributed by atoms with Crippen LogP contribution in [0.1, 0.15) is 7.43 Å². The minimum absolute atomic E-state index is 0. The van der Waals surface area contributed by atoms with Crippen LogP contribution in [0, 0.1) is 17.2 Å².